The summed E-state index contributed by atoms with van der Waals surface area (Å²) in [5, 5.41) is 5.44. The highest BCUT2D eigenvalue weighted by Crippen LogP contribution is 2.22. The minimum atomic E-state index is 0.263. The molecule has 0 aromatic carbocycles. The zero-order valence-electron chi connectivity index (χ0n) is 10.0. The van der Waals surface area contributed by atoms with Gasteiger partial charge < -0.3 is 10.1 Å². The number of thiophene rings is 1. The first-order valence-corrected chi connectivity index (χ1v) is 6.57. The van der Waals surface area contributed by atoms with Crippen LogP contribution >= 0.6 is 11.3 Å². The van der Waals surface area contributed by atoms with Gasteiger partial charge in [-0.1, -0.05) is 12.1 Å². The van der Waals surface area contributed by atoms with Gasteiger partial charge in [0.2, 0.25) is 5.88 Å². The second kappa shape index (κ2) is 5.68. The Labute approximate surface area is 105 Å². The number of rotatable bonds is 5. The van der Waals surface area contributed by atoms with Gasteiger partial charge in [-0.3, -0.25) is 0 Å². The second-order valence-electron chi connectivity index (χ2n) is 3.68. The predicted octanol–water partition coefficient (Wildman–Crippen LogP) is 3.71. The normalized spacial score (nSPS) is 12.1. The highest BCUT2D eigenvalue weighted by atomic mass is 32.1. The Morgan fingerprint density at radius 1 is 1.35 bits per heavy atom. The summed E-state index contributed by atoms with van der Waals surface area (Å²) in [4.78, 5) is 5.68. The van der Waals surface area contributed by atoms with E-state index in [-0.39, 0.29) is 6.04 Å². The first-order chi connectivity index (χ1) is 8.29. The van der Waals surface area contributed by atoms with Gasteiger partial charge in [0.15, 0.2) is 0 Å². The number of pyridine rings is 1. The van der Waals surface area contributed by atoms with Crippen LogP contribution in [0.25, 0.3) is 0 Å². The molecule has 0 radical (unpaired) electrons. The van der Waals surface area contributed by atoms with Crippen LogP contribution < -0.4 is 10.1 Å². The van der Waals surface area contributed by atoms with E-state index in [1.54, 1.807) is 11.3 Å². The standard InChI is InChI=1S/C13H16N2OS/c1-3-16-13-8-4-7-12(15-13)14-10(2)11-6-5-9-17-11/h4-10H,3H2,1-2H3,(H,14,15). The van der Waals surface area contributed by atoms with E-state index in [0.29, 0.717) is 12.5 Å². The second-order valence-corrected chi connectivity index (χ2v) is 4.65. The predicted molar refractivity (Wildman–Crippen MR) is 71.8 cm³/mol. The van der Waals surface area contributed by atoms with Crippen LogP contribution in [-0.4, -0.2) is 11.6 Å². The van der Waals surface area contributed by atoms with Gasteiger partial charge in [-0.05, 0) is 31.4 Å². The van der Waals surface area contributed by atoms with Crippen LogP contribution in [0.3, 0.4) is 0 Å². The molecule has 1 unspecified atom stereocenters. The van der Waals surface area contributed by atoms with Crippen molar-refractivity contribution in [2.24, 2.45) is 0 Å². The molecule has 0 spiro atoms. The lowest BCUT2D eigenvalue weighted by Crippen LogP contribution is -2.06. The lowest BCUT2D eigenvalue weighted by Gasteiger charge is -2.13. The van der Waals surface area contributed by atoms with Crippen LogP contribution in [0.5, 0.6) is 5.88 Å². The highest BCUT2D eigenvalue weighted by Gasteiger charge is 2.07. The quantitative estimate of drug-likeness (QED) is 0.875. The lowest BCUT2D eigenvalue weighted by atomic mass is 10.3. The molecule has 2 aromatic rings. The van der Waals surface area contributed by atoms with Crippen molar-refractivity contribution in [2.45, 2.75) is 19.9 Å². The number of nitrogens with one attached hydrogen (secondary N) is 1. The fourth-order valence-electron chi connectivity index (χ4n) is 1.55. The average Bonchev–Trinajstić information content (AvgIpc) is 2.83. The number of nitrogens with zero attached hydrogens (tertiary/aromatic N) is 1. The van der Waals surface area contributed by atoms with Gasteiger partial charge in [0.05, 0.1) is 12.6 Å². The third-order valence-corrected chi connectivity index (χ3v) is 3.41. The zero-order valence-corrected chi connectivity index (χ0v) is 10.8. The summed E-state index contributed by atoms with van der Waals surface area (Å²) in [7, 11) is 0. The Bertz CT molecular complexity index is 456. The summed E-state index contributed by atoms with van der Waals surface area (Å²) in [6, 6.07) is 10.2. The molecule has 1 N–H and O–H groups in total. The van der Waals surface area contributed by atoms with Gasteiger partial charge in [0.25, 0.3) is 0 Å². The fraction of sp³-hybridized carbons (Fsp3) is 0.308. The molecule has 0 aliphatic heterocycles. The topological polar surface area (TPSA) is 34.1 Å². The maximum atomic E-state index is 5.37. The van der Waals surface area contributed by atoms with E-state index in [1.807, 2.05) is 25.1 Å². The maximum Gasteiger partial charge on any atom is 0.215 e. The summed E-state index contributed by atoms with van der Waals surface area (Å²) < 4.78 is 5.37. The molecular formula is C13H16N2OS. The fourth-order valence-corrected chi connectivity index (χ4v) is 2.29. The molecular weight excluding hydrogens is 232 g/mol. The van der Waals surface area contributed by atoms with Gasteiger partial charge >= 0.3 is 0 Å². The number of aromatic nitrogens is 1. The zero-order chi connectivity index (χ0) is 12.1. The molecule has 0 amide bonds. The third kappa shape index (κ3) is 3.20. The lowest BCUT2D eigenvalue weighted by molar-refractivity contribution is 0.327. The van der Waals surface area contributed by atoms with E-state index < -0.39 is 0 Å². The van der Waals surface area contributed by atoms with E-state index in [2.05, 4.69) is 34.7 Å². The van der Waals surface area contributed by atoms with Crippen molar-refractivity contribution in [3.63, 3.8) is 0 Å². The van der Waals surface area contributed by atoms with Crippen molar-refractivity contribution < 1.29 is 4.74 Å². The van der Waals surface area contributed by atoms with Crippen LogP contribution in [0.2, 0.25) is 0 Å². The average molecular weight is 248 g/mol. The summed E-state index contributed by atoms with van der Waals surface area (Å²) in [5.74, 6) is 1.51. The summed E-state index contributed by atoms with van der Waals surface area (Å²) in [6.07, 6.45) is 0. The molecule has 0 saturated carbocycles. The van der Waals surface area contributed by atoms with Crippen LogP contribution in [0, 0.1) is 0 Å². The van der Waals surface area contributed by atoms with Gasteiger partial charge in [0.1, 0.15) is 5.82 Å². The SMILES string of the molecule is CCOc1cccc(NC(C)c2cccs2)n1. The molecule has 0 bridgehead atoms. The van der Waals surface area contributed by atoms with Crippen molar-refractivity contribution in [2.75, 3.05) is 11.9 Å². The molecule has 0 saturated heterocycles. The van der Waals surface area contributed by atoms with Crippen LogP contribution in [0.4, 0.5) is 5.82 Å². The molecule has 2 heterocycles. The maximum absolute atomic E-state index is 5.37. The smallest absolute Gasteiger partial charge is 0.215 e. The Morgan fingerprint density at radius 3 is 2.94 bits per heavy atom. The van der Waals surface area contributed by atoms with E-state index in [1.165, 1.54) is 4.88 Å². The monoisotopic (exact) mass is 248 g/mol. The molecule has 90 valence electrons. The van der Waals surface area contributed by atoms with E-state index >= 15 is 0 Å². The first kappa shape index (κ1) is 11.9. The molecule has 1 atom stereocenters. The van der Waals surface area contributed by atoms with Crippen molar-refractivity contribution in [1.82, 2.24) is 4.98 Å². The van der Waals surface area contributed by atoms with E-state index in [4.69, 9.17) is 4.74 Å². The van der Waals surface area contributed by atoms with Crippen molar-refractivity contribution in [1.29, 1.82) is 0 Å². The largest absolute Gasteiger partial charge is 0.478 e. The van der Waals surface area contributed by atoms with E-state index in [0.717, 1.165) is 5.82 Å². The van der Waals surface area contributed by atoms with Crippen LogP contribution in [0.15, 0.2) is 35.7 Å². The van der Waals surface area contributed by atoms with Gasteiger partial charge in [-0.25, -0.2) is 0 Å². The first-order valence-electron chi connectivity index (χ1n) is 5.69. The number of anilines is 1. The Kier molecular flexibility index (Phi) is 3.98. The molecule has 2 aromatic heterocycles. The van der Waals surface area contributed by atoms with Crippen molar-refractivity contribution in [3.05, 3.63) is 40.6 Å². The number of hydrogen-bond acceptors (Lipinski definition) is 4. The minimum absolute atomic E-state index is 0.263. The number of ether oxygens (including phenoxy) is 1. The number of hydrogen-bond donors (Lipinski definition) is 1. The third-order valence-electron chi connectivity index (χ3n) is 2.35. The summed E-state index contributed by atoms with van der Waals surface area (Å²) in [5.41, 5.74) is 0. The molecule has 17 heavy (non-hydrogen) atoms. The molecule has 0 aliphatic rings. The van der Waals surface area contributed by atoms with Gasteiger partial charge in [0, 0.05) is 10.9 Å². The van der Waals surface area contributed by atoms with Crippen molar-refractivity contribution in [3.8, 4) is 5.88 Å². The summed E-state index contributed by atoms with van der Waals surface area (Å²) in [6.45, 7) is 4.72. The molecule has 4 heteroatoms. The van der Waals surface area contributed by atoms with Crippen LogP contribution in [0.1, 0.15) is 24.8 Å². The van der Waals surface area contributed by atoms with E-state index in [9.17, 15) is 0 Å². The molecule has 2 rings (SSSR count). The van der Waals surface area contributed by atoms with Gasteiger partial charge in [-0.2, -0.15) is 4.98 Å². The Balaban J connectivity index is 2.05. The summed E-state index contributed by atoms with van der Waals surface area (Å²) >= 11 is 1.74. The highest BCUT2D eigenvalue weighted by molar-refractivity contribution is 7.10. The Hall–Kier alpha value is -1.55. The van der Waals surface area contributed by atoms with Crippen LogP contribution in [-0.2, 0) is 0 Å². The molecule has 0 aliphatic carbocycles. The Morgan fingerprint density at radius 2 is 2.24 bits per heavy atom. The molecule has 0 fully saturated rings. The van der Waals surface area contributed by atoms with Crippen molar-refractivity contribution >= 4 is 17.2 Å². The minimum Gasteiger partial charge on any atom is -0.478 e. The molecule has 3 nitrogen and oxygen atoms in total. The van der Waals surface area contributed by atoms with Gasteiger partial charge in [-0.15, -0.1) is 11.3 Å².